The molecular formula is C21H20N2O. The van der Waals surface area contributed by atoms with E-state index in [4.69, 9.17) is 9.52 Å². The lowest BCUT2D eigenvalue weighted by Crippen LogP contribution is -2.18. The fraction of sp³-hybridized carbons (Fsp3) is 0.190. The second-order valence-corrected chi connectivity index (χ2v) is 6.27. The topological polar surface area (TPSA) is 28.7 Å². The van der Waals surface area contributed by atoms with Crippen molar-refractivity contribution < 1.29 is 4.42 Å². The van der Waals surface area contributed by atoms with Gasteiger partial charge in [-0.05, 0) is 43.7 Å². The number of anilines is 1. The average molecular weight is 316 g/mol. The first-order chi connectivity index (χ1) is 11.7. The molecule has 120 valence electrons. The summed E-state index contributed by atoms with van der Waals surface area (Å²) in [5.41, 5.74) is 4.64. The minimum absolute atomic E-state index is 0.188. The van der Waals surface area contributed by atoms with Gasteiger partial charge in [0.2, 0.25) is 0 Å². The molecule has 0 radical (unpaired) electrons. The molecule has 0 amide bonds. The number of para-hydroxylation sites is 1. The third-order valence-corrected chi connectivity index (χ3v) is 4.42. The van der Waals surface area contributed by atoms with E-state index in [0.29, 0.717) is 0 Å². The Morgan fingerprint density at radius 1 is 0.917 bits per heavy atom. The van der Waals surface area contributed by atoms with E-state index in [9.17, 15) is 0 Å². The Bertz CT molecular complexity index is 862. The second kappa shape index (κ2) is 6.00. The van der Waals surface area contributed by atoms with Gasteiger partial charge in [-0.2, -0.15) is 5.10 Å². The summed E-state index contributed by atoms with van der Waals surface area (Å²) in [5, 5.41) is 6.99. The van der Waals surface area contributed by atoms with Crippen LogP contribution in [0.3, 0.4) is 0 Å². The summed E-state index contributed by atoms with van der Waals surface area (Å²) < 4.78 is 5.80. The molecule has 3 heteroatoms. The molecule has 2 aromatic carbocycles. The summed E-state index contributed by atoms with van der Waals surface area (Å²) >= 11 is 0. The number of hydrazone groups is 1. The van der Waals surface area contributed by atoms with Gasteiger partial charge in [-0.25, -0.2) is 0 Å². The van der Waals surface area contributed by atoms with Crippen molar-refractivity contribution >= 4 is 11.4 Å². The summed E-state index contributed by atoms with van der Waals surface area (Å²) in [5.74, 6) is 1.78. The molecule has 0 N–H and O–H groups in total. The highest BCUT2D eigenvalue weighted by Gasteiger charge is 2.31. The number of hydrogen-bond donors (Lipinski definition) is 0. The maximum Gasteiger partial charge on any atom is 0.150 e. The zero-order valence-electron chi connectivity index (χ0n) is 13.9. The van der Waals surface area contributed by atoms with Crippen LogP contribution < -0.4 is 5.01 Å². The first-order valence-electron chi connectivity index (χ1n) is 8.26. The molecule has 1 aliphatic rings. The SMILES string of the molecule is Cc1ccc(C2CC(c3ccc(C)o3)=NN2c2ccccc2)cc1. The predicted octanol–water partition coefficient (Wildman–Crippen LogP) is 5.25. The molecule has 1 unspecified atom stereocenters. The first-order valence-corrected chi connectivity index (χ1v) is 8.26. The van der Waals surface area contributed by atoms with Crippen molar-refractivity contribution in [3.8, 4) is 0 Å². The van der Waals surface area contributed by atoms with Crippen molar-refractivity contribution in [1.82, 2.24) is 0 Å². The van der Waals surface area contributed by atoms with Gasteiger partial charge in [-0.15, -0.1) is 0 Å². The van der Waals surface area contributed by atoms with E-state index in [1.165, 1.54) is 11.1 Å². The van der Waals surface area contributed by atoms with E-state index in [2.05, 4.69) is 48.3 Å². The van der Waals surface area contributed by atoms with Crippen LogP contribution in [0.5, 0.6) is 0 Å². The maximum absolute atomic E-state index is 5.80. The molecule has 1 aliphatic heterocycles. The van der Waals surface area contributed by atoms with Gasteiger partial charge in [0, 0.05) is 6.42 Å². The van der Waals surface area contributed by atoms with Crippen LogP contribution in [-0.4, -0.2) is 5.71 Å². The summed E-state index contributed by atoms with van der Waals surface area (Å²) in [6.07, 6.45) is 0.838. The van der Waals surface area contributed by atoms with E-state index >= 15 is 0 Å². The summed E-state index contributed by atoms with van der Waals surface area (Å²) in [6.45, 7) is 4.08. The fourth-order valence-corrected chi connectivity index (χ4v) is 3.12. The van der Waals surface area contributed by atoms with Crippen LogP contribution in [0, 0.1) is 13.8 Å². The average Bonchev–Trinajstić information content (AvgIpc) is 3.23. The van der Waals surface area contributed by atoms with Gasteiger partial charge in [0.25, 0.3) is 0 Å². The molecule has 0 bridgehead atoms. The van der Waals surface area contributed by atoms with Crippen LogP contribution in [-0.2, 0) is 0 Å². The van der Waals surface area contributed by atoms with Crippen molar-refractivity contribution in [1.29, 1.82) is 0 Å². The van der Waals surface area contributed by atoms with Crippen LogP contribution in [0.15, 0.2) is 76.2 Å². The normalized spacial score (nSPS) is 17.2. The molecule has 0 aliphatic carbocycles. The maximum atomic E-state index is 5.80. The highest BCUT2D eigenvalue weighted by atomic mass is 16.3. The van der Waals surface area contributed by atoms with Gasteiger partial charge < -0.3 is 4.42 Å². The van der Waals surface area contributed by atoms with E-state index in [-0.39, 0.29) is 6.04 Å². The van der Waals surface area contributed by atoms with Crippen LogP contribution in [0.2, 0.25) is 0 Å². The largest absolute Gasteiger partial charge is 0.460 e. The molecule has 0 saturated carbocycles. The Hall–Kier alpha value is -2.81. The van der Waals surface area contributed by atoms with Crippen LogP contribution in [0.1, 0.15) is 35.1 Å². The Kier molecular flexibility index (Phi) is 3.69. The van der Waals surface area contributed by atoms with Gasteiger partial charge in [-0.1, -0.05) is 48.0 Å². The Labute approximate surface area is 142 Å². The second-order valence-electron chi connectivity index (χ2n) is 6.27. The Morgan fingerprint density at radius 2 is 1.67 bits per heavy atom. The van der Waals surface area contributed by atoms with E-state index in [1.807, 2.05) is 37.3 Å². The zero-order chi connectivity index (χ0) is 16.5. The van der Waals surface area contributed by atoms with Crippen molar-refractivity contribution in [3.05, 3.63) is 89.4 Å². The number of rotatable bonds is 3. The first kappa shape index (κ1) is 14.8. The number of benzene rings is 2. The molecule has 1 atom stereocenters. The summed E-state index contributed by atoms with van der Waals surface area (Å²) in [6, 6.07) is 23.2. The molecule has 3 nitrogen and oxygen atoms in total. The molecule has 0 saturated heterocycles. The zero-order valence-corrected chi connectivity index (χ0v) is 13.9. The van der Waals surface area contributed by atoms with Gasteiger partial charge in [0.15, 0.2) is 0 Å². The van der Waals surface area contributed by atoms with E-state index < -0.39 is 0 Å². The van der Waals surface area contributed by atoms with Gasteiger partial charge >= 0.3 is 0 Å². The minimum Gasteiger partial charge on any atom is -0.460 e. The predicted molar refractivity (Wildman–Crippen MR) is 97.4 cm³/mol. The van der Waals surface area contributed by atoms with Gasteiger partial charge in [-0.3, -0.25) is 5.01 Å². The van der Waals surface area contributed by atoms with Crippen molar-refractivity contribution in [2.24, 2.45) is 5.10 Å². The van der Waals surface area contributed by atoms with Crippen molar-refractivity contribution in [2.75, 3.05) is 5.01 Å². The fourth-order valence-electron chi connectivity index (χ4n) is 3.12. The molecule has 4 rings (SSSR count). The van der Waals surface area contributed by atoms with Crippen LogP contribution in [0.4, 0.5) is 5.69 Å². The summed E-state index contributed by atoms with van der Waals surface area (Å²) in [4.78, 5) is 0. The number of aryl methyl sites for hydroxylation is 2. The molecule has 2 heterocycles. The quantitative estimate of drug-likeness (QED) is 0.660. The minimum atomic E-state index is 0.188. The molecule has 3 aromatic rings. The van der Waals surface area contributed by atoms with E-state index in [1.54, 1.807) is 0 Å². The highest BCUT2D eigenvalue weighted by molar-refractivity contribution is 6.01. The highest BCUT2D eigenvalue weighted by Crippen LogP contribution is 2.36. The molecule has 24 heavy (non-hydrogen) atoms. The van der Waals surface area contributed by atoms with Crippen molar-refractivity contribution in [2.45, 2.75) is 26.3 Å². The van der Waals surface area contributed by atoms with Crippen molar-refractivity contribution in [3.63, 3.8) is 0 Å². The molecular weight excluding hydrogens is 296 g/mol. The summed E-state index contributed by atoms with van der Waals surface area (Å²) in [7, 11) is 0. The lowest BCUT2D eigenvalue weighted by Gasteiger charge is -2.24. The lowest BCUT2D eigenvalue weighted by atomic mass is 9.99. The van der Waals surface area contributed by atoms with Gasteiger partial charge in [0.05, 0.1) is 11.7 Å². The monoisotopic (exact) mass is 316 g/mol. The Balaban J connectivity index is 1.74. The standard InChI is InChI=1S/C21H20N2O/c1-15-8-11-17(12-9-15)20-14-19(21-13-10-16(2)24-21)22-23(20)18-6-4-3-5-7-18/h3-13,20H,14H2,1-2H3. The molecule has 0 spiro atoms. The van der Waals surface area contributed by atoms with Gasteiger partial charge in [0.1, 0.15) is 17.2 Å². The van der Waals surface area contributed by atoms with Crippen LogP contribution >= 0.6 is 0 Å². The third-order valence-electron chi connectivity index (χ3n) is 4.42. The number of hydrogen-bond acceptors (Lipinski definition) is 3. The number of nitrogens with zero attached hydrogens (tertiary/aromatic N) is 2. The molecule has 0 fully saturated rings. The Morgan fingerprint density at radius 3 is 2.33 bits per heavy atom. The van der Waals surface area contributed by atoms with E-state index in [0.717, 1.165) is 29.3 Å². The van der Waals surface area contributed by atoms with Crippen LogP contribution in [0.25, 0.3) is 0 Å². The smallest absolute Gasteiger partial charge is 0.150 e. The third kappa shape index (κ3) is 2.73. The number of furan rings is 1. The molecule has 1 aromatic heterocycles. The lowest BCUT2D eigenvalue weighted by molar-refractivity contribution is 0.524.